The monoisotopic (exact) mass is 223 g/mol. The molecular formula is C10H17N5O. The van der Waals surface area contributed by atoms with E-state index >= 15 is 0 Å². The molecule has 0 aromatic carbocycles. The molecule has 3 N–H and O–H groups in total. The number of carbonyl (C=O) groups excluding carboxylic acids is 1. The first-order valence-corrected chi connectivity index (χ1v) is 5.12. The molecule has 16 heavy (non-hydrogen) atoms. The van der Waals surface area contributed by atoms with Gasteiger partial charge in [0.2, 0.25) is 5.91 Å². The molecule has 0 fully saturated rings. The van der Waals surface area contributed by atoms with E-state index in [-0.39, 0.29) is 5.91 Å². The first-order chi connectivity index (χ1) is 7.65. The molecular weight excluding hydrogens is 206 g/mol. The molecule has 1 unspecified atom stereocenters. The summed E-state index contributed by atoms with van der Waals surface area (Å²) in [6.45, 7) is 4.04. The zero-order valence-corrected chi connectivity index (χ0v) is 9.39. The van der Waals surface area contributed by atoms with Gasteiger partial charge in [0.25, 0.3) is 0 Å². The molecule has 1 amide bonds. The smallest absolute Gasteiger partial charge is 0.237 e. The van der Waals surface area contributed by atoms with E-state index in [2.05, 4.69) is 22.1 Å². The average molecular weight is 223 g/mol. The molecule has 6 heteroatoms. The van der Waals surface area contributed by atoms with Gasteiger partial charge >= 0.3 is 0 Å². The second-order valence-electron chi connectivity index (χ2n) is 3.53. The average Bonchev–Trinajstić information content (AvgIpc) is 2.65. The van der Waals surface area contributed by atoms with Crippen molar-refractivity contribution in [1.29, 1.82) is 0 Å². The summed E-state index contributed by atoms with van der Waals surface area (Å²) >= 11 is 0. The fraction of sp³-hybridized carbons (Fsp3) is 0.500. The summed E-state index contributed by atoms with van der Waals surface area (Å²) in [4.78, 5) is 11.4. The number of nitrogens with one attached hydrogen (secondary N) is 1. The van der Waals surface area contributed by atoms with Crippen LogP contribution in [0.25, 0.3) is 0 Å². The van der Waals surface area contributed by atoms with E-state index in [1.165, 1.54) is 0 Å². The molecule has 0 bridgehead atoms. The number of amides is 1. The van der Waals surface area contributed by atoms with Crippen molar-refractivity contribution in [2.45, 2.75) is 18.9 Å². The van der Waals surface area contributed by atoms with Crippen LogP contribution in [-0.4, -0.2) is 33.3 Å². The molecule has 1 aromatic heterocycles. The van der Waals surface area contributed by atoms with Gasteiger partial charge < -0.3 is 15.6 Å². The summed E-state index contributed by atoms with van der Waals surface area (Å²) in [6, 6.07) is -0.517. The maximum Gasteiger partial charge on any atom is 0.237 e. The summed E-state index contributed by atoms with van der Waals surface area (Å²) in [7, 11) is 1.86. The molecule has 0 aliphatic rings. The molecule has 1 atom stereocenters. The van der Waals surface area contributed by atoms with Crippen molar-refractivity contribution < 1.29 is 4.79 Å². The van der Waals surface area contributed by atoms with Crippen LogP contribution in [0.1, 0.15) is 12.2 Å². The van der Waals surface area contributed by atoms with Crippen molar-refractivity contribution in [1.82, 2.24) is 20.1 Å². The summed E-state index contributed by atoms with van der Waals surface area (Å²) < 4.78 is 1.82. The summed E-state index contributed by atoms with van der Waals surface area (Å²) in [5.74, 6) is 0.666. The van der Waals surface area contributed by atoms with E-state index in [9.17, 15) is 4.79 Å². The Balaban J connectivity index is 2.28. The van der Waals surface area contributed by atoms with Crippen molar-refractivity contribution in [3.05, 3.63) is 24.8 Å². The van der Waals surface area contributed by atoms with Crippen LogP contribution < -0.4 is 11.1 Å². The number of aryl methyl sites for hydroxylation is 1. The van der Waals surface area contributed by atoms with E-state index in [1.807, 2.05) is 11.6 Å². The fourth-order valence-electron chi connectivity index (χ4n) is 1.25. The zero-order valence-electron chi connectivity index (χ0n) is 9.39. The Labute approximate surface area is 94.5 Å². The molecule has 0 aliphatic heterocycles. The minimum Gasteiger partial charge on any atom is -0.354 e. The van der Waals surface area contributed by atoms with E-state index in [0.29, 0.717) is 19.4 Å². The molecule has 1 heterocycles. The number of hydrogen-bond acceptors (Lipinski definition) is 4. The van der Waals surface area contributed by atoms with Crippen LogP contribution in [-0.2, 0) is 18.3 Å². The third kappa shape index (κ3) is 3.47. The normalized spacial score (nSPS) is 12.1. The maximum absolute atomic E-state index is 11.4. The summed E-state index contributed by atoms with van der Waals surface area (Å²) in [5, 5.41) is 10.4. The molecule has 0 spiro atoms. The van der Waals surface area contributed by atoms with Crippen molar-refractivity contribution in [2.75, 3.05) is 6.54 Å². The largest absolute Gasteiger partial charge is 0.354 e. The lowest BCUT2D eigenvalue weighted by Gasteiger charge is -2.09. The van der Waals surface area contributed by atoms with Crippen molar-refractivity contribution in [3.8, 4) is 0 Å². The molecule has 0 aliphatic carbocycles. The van der Waals surface area contributed by atoms with E-state index in [0.717, 1.165) is 5.82 Å². The van der Waals surface area contributed by atoms with Crippen molar-refractivity contribution in [2.24, 2.45) is 12.8 Å². The van der Waals surface area contributed by atoms with Crippen LogP contribution >= 0.6 is 0 Å². The number of aromatic nitrogens is 3. The predicted molar refractivity (Wildman–Crippen MR) is 60.5 cm³/mol. The van der Waals surface area contributed by atoms with Gasteiger partial charge in [0, 0.05) is 20.0 Å². The summed E-state index contributed by atoms with van der Waals surface area (Å²) in [5.41, 5.74) is 5.60. The molecule has 88 valence electrons. The highest BCUT2D eigenvalue weighted by Crippen LogP contribution is 1.92. The van der Waals surface area contributed by atoms with Crippen molar-refractivity contribution in [3.63, 3.8) is 0 Å². The van der Waals surface area contributed by atoms with Gasteiger partial charge in [-0.25, -0.2) is 0 Å². The first kappa shape index (κ1) is 12.4. The van der Waals surface area contributed by atoms with Crippen LogP contribution in [0.3, 0.4) is 0 Å². The highest BCUT2D eigenvalue weighted by Gasteiger charge is 2.10. The van der Waals surface area contributed by atoms with Gasteiger partial charge in [0.05, 0.1) is 6.04 Å². The highest BCUT2D eigenvalue weighted by molar-refractivity contribution is 5.81. The van der Waals surface area contributed by atoms with Crippen LogP contribution in [0.4, 0.5) is 0 Å². The Bertz CT molecular complexity index is 360. The van der Waals surface area contributed by atoms with Crippen LogP contribution in [0.15, 0.2) is 19.0 Å². The Morgan fingerprint density at radius 3 is 3.12 bits per heavy atom. The van der Waals surface area contributed by atoms with Gasteiger partial charge in [-0.15, -0.1) is 16.8 Å². The van der Waals surface area contributed by atoms with E-state index < -0.39 is 6.04 Å². The lowest BCUT2D eigenvalue weighted by Crippen LogP contribution is -2.41. The number of nitrogens with two attached hydrogens (primary N) is 1. The highest BCUT2D eigenvalue weighted by atomic mass is 16.2. The number of carbonyl (C=O) groups is 1. The second kappa shape index (κ2) is 6.02. The van der Waals surface area contributed by atoms with Gasteiger partial charge in [0.1, 0.15) is 12.2 Å². The number of rotatable bonds is 6. The van der Waals surface area contributed by atoms with Gasteiger partial charge in [-0.1, -0.05) is 6.08 Å². The minimum atomic E-state index is -0.517. The SMILES string of the molecule is C=CCC(N)C(=O)NCCc1nncn1C. The Kier molecular flexibility index (Phi) is 4.65. The predicted octanol–water partition coefficient (Wildman–Crippen LogP) is -0.623. The Hall–Kier alpha value is -1.69. The Morgan fingerprint density at radius 1 is 1.81 bits per heavy atom. The topological polar surface area (TPSA) is 85.8 Å². The molecule has 0 saturated heterocycles. The third-order valence-electron chi connectivity index (χ3n) is 2.21. The standard InChI is InChI=1S/C10H17N5O/c1-3-4-8(11)10(16)12-6-5-9-14-13-7-15(9)2/h3,7-8H,1,4-6,11H2,2H3,(H,12,16). The minimum absolute atomic E-state index is 0.165. The zero-order chi connectivity index (χ0) is 12.0. The summed E-state index contributed by atoms with van der Waals surface area (Å²) in [6.07, 6.45) is 4.38. The Morgan fingerprint density at radius 2 is 2.56 bits per heavy atom. The quantitative estimate of drug-likeness (QED) is 0.629. The van der Waals surface area contributed by atoms with Crippen molar-refractivity contribution >= 4 is 5.91 Å². The van der Waals surface area contributed by atoms with Crippen LogP contribution in [0, 0.1) is 0 Å². The number of hydrogen-bond donors (Lipinski definition) is 2. The third-order valence-corrected chi connectivity index (χ3v) is 2.21. The van der Waals surface area contributed by atoms with Gasteiger partial charge in [-0.2, -0.15) is 0 Å². The van der Waals surface area contributed by atoms with E-state index in [4.69, 9.17) is 5.73 Å². The number of nitrogens with zero attached hydrogens (tertiary/aromatic N) is 3. The van der Waals surface area contributed by atoms with E-state index in [1.54, 1.807) is 12.4 Å². The lowest BCUT2D eigenvalue weighted by molar-refractivity contribution is -0.122. The van der Waals surface area contributed by atoms with Gasteiger partial charge in [-0.05, 0) is 6.42 Å². The van der Waals surface area contributed by atoms with Crippen LogP contribution in [0.2, 0.25) is 0 Å². The molecule has 1 aromatic rings. The lowest BCUT2D eigenvalue weighted by atomic mass is 10.2. The molecule has 6 nitrogen and oxygen atoms in total. The van der Waals surface area contributed by atoms with Gasteiger partial charge in [-0.3, -0.25) is 4.79 Å². The van der Waals surface area contributed by atoms with Crippen LogP contribution in [0.5, 0.6) is 0 Å². The molecule has 0 radical (unpaired) electrons. The molecule has 0 saturated carbocycles. The molecule has 1 rings (SSSR count). The first-order valence-electron chi connectivity index (χ1n) is 5.12. The maximum atomic E-state index is 11.4. The van der Waals surface area contributed by atoms with Gasteiger partial charge in [0.15, 0.2) is 0 Å². The fourth-order valence-corrected chi connectivity index (χ4v) is 1.25. The second-order valence-corrected chi connectivity index (χ2v) is 3.53.